The molecule has 4 aliphatic carbocycles. The number of allylic oxidation sites excluding steroid dienone is 1. The van der Waals surface area contributed by atoms with Crippen molar-refractivity contribution in [3.63, 3.8) is 0 Å². The van der Waals surface area contributed by atoms with Crippen LogP contribution in [-0.2, 0) is 0 Å². The van der Waals surface area contributed by atoms with Gasteiger partial charge in [0.05, 0.1) is 11.7 Å². The monoisotopic (exact) mass is 444 g/mol. The third-order valence-corrected chi connectivity index (χ3v) is 11.7. The Morgan fingerprint density at radius 2 is 1.72 bits per heavy atom. The zero-order valence-corrected chi connectivity index (χ0v) is 21.8. The number of hydrogen-bond acceptors (Lipinski definition) is 2. The van der Waals surface area contributed by atoms with Crippen LogP contribution in [-0.4, -0.2) is 21.9 Å². The lowest BCUT2D eigenvalue weighted by Gasteiger charge is -2.65. The highest BCUT2D eigenvalue weighted by molar-refractivity contribution is 5.15. The van der Waals surface area contributed by atoms with Gasteiger partial charge in [0.1, 0.15) is 0 Å². The molecule has 184 valence electrons. The van der Waals surface area contributed by atoms with Crippen LogP contribution in [0.1, 0.15) is 112 Å². The van der Waals surface area contributed by atoms with Crippen LogP contribution in [0.15, 0.2) is 12.7 Å². The molecular formula is C30H52O2. The first-order valence-electron chi connectivity index (χ1n) is 14.1. The molecule has 2 heteroatoms. The van der Waals surface area contributed by atoms with Crippen LogP contribution in [0.25, 0.3) is 0 Å². The Morgan fingerprint density at radius 1 is 0.969 bits per heavy atom. The summed E-state index contributed by atoms with van der Waals surface area (Å²) >= 11 is 0. The quantitative estimate of drug-likeness (QED) is 0.402. The number of aliphatic hydroxyl groups excluding tert-OH is 1. The first kappa shape index (κ1) is 24.8. The van der Waals surface area contributed by atoms with E-state index in [1.54, 1.807) is 0 Å². The van der Waals surface area contributed by atoms with Gasteiger partial charge < -0.3 is 10.2 Å². The summed E-state index contributed by atoms with van der Waals surface area (Å²) in [7, 11) is 0. The second kappa shape index (κ2) is 9.03. The van der Waals surface area contributed by atoms with E-state index in [4.69, 9.17) is 0 Å². The van der Waals surface area contributed by atoms with Gasteiger partial charge in [-0.25, -0.2) is 0 Å². The molecule has 0 aromatic heterocycles. The standard InChI is InChI=1S/C30H52O2/c1-7-9-22-18-29(6)26-15-16-28(5)24(21(4)11-8-10-20(2)3)12-13-25(28)23(26)14-17-30(29,32)19-27(22)31/h7,20-27,31-32H,1,8-19H2,2-6H3/t21-,22+,23+,24-,25+,26+,27+,28-,29-,30-/m1/s1. The Morgan fingerprint density at radius 3 is 2.41 bits per heavy atom. The van der Waals surface area contributed by atoms with Crippen LogP contribution in [0.3, 0.4) is 0 Å². The molecule has 32 heavy (non-hydrogen) atoms. The Hall–Kier alpha value is -0.340. The second-order valence-corrected chi connectivity index (χ2v) is 13.7. The molecular weight excluding hydrogens is 392 g/mol. The van der Waals surface area contributed by atoms with Crippen LogP contribution in [0.5, 0.6) is 0 Å². The van der Waals surface area contributed by atoms with Gasteiger partial charge in [0.25, 0.3) is 0 Å². The highest BCUT2D eigenvalue weighted by atomic mass is 16.3. The van der Waals surface area contributed by atoms with Gasteiger partial charge >= 0.3 is 0 Å². The van der Waals surface area contributed by atoms with Crippen molar-refractivity contribution in [1.29, 1.82) is 0 Å². The van der Waals surface area contributed by atoms with Crippen molar-refractivity contribution >= 4 is 0 Å². The average molecular weight is 445 g/mol. The van der Waals surface area contributed by atoms with E-state index in [2.05, 4.69) is 41.2 Å². The normalized spacial score (nSPS) is 49.2. The van der Waals surface area contributed by atoms with Gasteiger partial charge in [0, 0.05) is 6.42 Å². The highest BCUT2D eigenvalue weighted by Gasteiger charge is 2.65. The number of aliphatic hydroxyl groups is 2. The molecule has 10 atom stereocenters. The minimum atomic E-state index is -0.679. The predicted molar refractivity (Wildman–Crippen MR) is 134 cm³/mol. The van der Waals surface area contributed by atoms with Gasteiger partial charge in [0.15, 0.2) is 0 Å². The largest absolute Gasteiger partial charge is 0.393 e. The third kappa shape index (κ3) is 3.94. The molecule has 4 rings (SSSR count). The lowest BCUT2D eigenvalue weighted by molar-refractivity contribution is -0.232. The maximum atomic E-state index is 11.8. The van der Waals surface area contributed by atoms with Crippen molar-refractivity contribution in [3.05, 3.63) is 12.7 Å². The van der Waals surface area contributed by atoms with E-state index in [-0.39, 0.29) is 17.4 Å². The van der Waals surface area contributed by atoms with Gasteiger partial charge in [-0.2, -0.15) is 0 Å². The molecule has 4 aliphatic rings. The van der Waals surface area contributed by atoms with Crippen LogP contribution < -0.4 is 0 Å². The molecule has 0 bridgehead atoms. The van der Waals surface area contributed by atoms with Crippen LogP contribution in [0.2, 0.25) is 0 Å². The number of rotatable bonds is 7. The molecule has 0 amide bonds. The molecule has 4 fully saturated rings. The molecule has 0 aromatic carbocycles. The third-order valence-electron chi connectivity index (χ3n) is 11.7. The fourth-order valence-electron chi connectivity index (χ4n) is 9.87. The molecule has 0 heterocycles. The topological polar surface area (TPSA) is 40.5 Å². The summed E-state index contributed by atoms with van der Waals surface area (Å²) in [5, 5.41) is 22.6. The van der Waals surface area contributed by atoms with E-state index in [0.717, 1.165) is 48.9 Å². The molecule has 0 saturated heterocycles. The van der Waals surface area contributed by atoms with Gasteiger partial charge in [-0.3, -0.25) is 0 Å². The highest BCUT2D eigenvalue weighted by Crippen LogP contribution is 2.69. The minimum absolute atomic E-state index is 0.0505. The second-order valence-electron chi connectivity index (χ2n) is 13.7. The molecule has 2 nitrogen and oxygen atoms in total. The maximum absolute atomic E-state index is 11.8. The zero-order valence-electron chi connectivity index (χ0n) is 21.8. The van der Waals surface area contributed by atoms with E-state index in [9.17, 15) is 10.2 Å². The fraction of sp³-hybridized carbons (Fsp3) is 0.933. The molecule has 0 aromatic rings. The van der Waals surface area contributed by atoms with E-state index in [1.165, 1.54) is 51.4 Å². The smallest absolute Gasteiger partial charge is 0.0728 e. The molecule has 4 saturated carbocycles. The molecule has 0 radical (unpaired) electrons. The summed E-state index contributed by atoms with van der Waals surface area (Å²) < 4.78 is 0. The summed E-state index contributed by atoms with van der Waals surface area (Å²) in [6.07, 6.45) is 15.7. The van der Waals surface area contributed by atoms with E-state index in [1.807, 2.05) is 6.08 Å². The van der Waals surface area contributed by atoms with Crippen molar-refractivity contribution in [2.75, 3.05) is 0 Å². The van der Waals surface area contributed by atoms with Gasteiger partial charge in [-0.1, -0.05) is 60.0 Å². The number of hydrogen-bond donors (Lipinski definition) is 2. The molecule has 0 unspecified atom stereocenters. The van der Waals surface area contributed by atoms with E-state index < -0.39 is 5.60 Å². The van der Waals surface area contributed by atoms with Crippen molar-refractivity contribution in [2.45, 2.75) is 123 Å². The SMILES string of the molecule is C=CC[C@H]1C[C@]2(C)[C@H]3CC[C@]4(C)[C@@H]([C@H](C)CCCC(C)C)CC[C@H]4[C@@H]3CC[C@@]2(O)C[C@@H]1O. The zero-order chi connectivity index (χ0) is 23.3. The first-order chi connectivity index (χ1) is 15.1. The molecule has 0 spiro atoms. The Labute approximate surface area is 198 Å². The molecule has 0 aliphatic heterocycles. The van der Waals surface area contributed by atoms with Crippen LogP contribution in [0, 0.1) is 52.3 Å². The predicted octanol–water partition coefficient (Wildman–Crippen LogP) is 7.39. The molecule has 2 N–H and O–H groups in total. The lowest BCUT2D eigenvalue weighted by Crippen LogP contribution is -2.64. The van der Waals surface area contributed by atoms with Gasteiger partial charge in [0.2, 0.25) is 0 Å². The Balaban J connectivity index is 1.52. The van der Waals surface area contributed by atoms with Crippen molar-refractivity contribution in [2.24, 2.45) is 52.3 Å². The van der Waals surface area contributed by atoms with Gasteiger partial charge in [-0.15, -0.1) is 6.58 Å². The summed E-state index contributed by atoms with van der Waals surface area (Å²) in [5.41, 5.74) is -0.231. The summed E-state index contributed by atoms with van der Waals surface area (Å²) in [5.74, 6) is 5.05. The maximum Gasteiger partial charge on any atom is 0.0728 e. The summed E-state index contributed by atoms with van der Waals surface area (Å²) in [4.78, 5) is 0. The Bertz CT molecular complexity index is 672. The van der Waals surface area contributed by atoms with Crippen LogP contribution >= 0.6 is 0 Å². The summed E-state index contributed by atoms with van der Waals surface area (Å²) in [6.45, 7) is 16.3. The fourth-order valence-corrected chi connectivity index (χ4v) is 9.87. The van der Waals surface area contributed by atoms with E-state index >= 15 is 0 Å². The van der Waals surface area contributed by atoms with Gasteiger partial charge in [-0.05, 0) is 104 Å². The Kier molecular flexibility index (Phi) is 6.99. The van der Waals surface area contributed by atoms with Crippen molar-refractivity contribution in [3.8, 4) is 0 Å². The van der Waals surface area contributed by atoms with Crippen LogP contribution in [0.4, 0.5) is 0 Å². The lowest BCUT2D eigenvalue weighted by atomic mass is 9.42. The van der Waals surface area contributed by atoms with Crippen molar-refractivity contribution < 1.29 is 10.2 Å². The minimum Gasteiger partial charge on any atom is -0.393 e. The average Bonchev–Trinajstić information content (AvgIpc) is 3.07. The first-order valence-corrected chi connectivity index (χ1v) is 14.1. The van der Waals surface area contributed by atoms with Crippen molar-refractivity contribution in [1.82, 2.24) is 0 Å². The summed E-state index contributed by atoms with van der Waals surface area (Å²) in [6, 6.07) is 0. The number of fused-ring (bicyclic) bond motifs is 5. The van der Waals surface area contributed by atoms with E-state index in [0.29, 0.717) is 17.8 Å².